The summed E-state index contributed by atoms with van der Waals surface area (Å²) >= 11 is 1.58. The average Bonchev–Trinajstić information content (AvgIpc) is 2.88. The molecule has 0 spiro atoms. The van der Waals surface area contributed by atoms with E-state index in [0.29, 0.717) is 12.1 Å². The first-order valence-corrected chi connectivity index (χ1v) is 7.70. The first kappa shape index (κ1) is 15.3. The highest BCUT2D eigenvalue weighted by Crippen LogP contribution is 2.23. The topological polar surface area (TPSA) is 44.1 Å². The van der Waals surface area contributed by atoms with Crippen molar-refractivity contribution in [3.05, 3.63) is 56.8 Å². The highest BCUT2D eigenvalue weighted by molar-refractivity contribution is 7.14. The van der Waals surface area contributed by atoms with E-state index in [1.165, 1.54) is 10.4 Å². The van der Waals surface area contributed by atoms with E-state index < -0.39 is 0 Å². The van der Waals surface area contributed by atoms with E-state index in [1.807, 2.05) is 25.1 Å². The fourth-order valence-corrected chi connectivity index (χ4v) is 3.30. The van der Waals surface area contributed by atoms with Gasteiger partial charge in [-0.15, -0.1) is 11.3 Å². The maximum absolute atomic E-state index is 12.4. The average molecular weight is 298 g/mol. The molecule has 2 aromatic rings. The Labute approximate surface area is 129 Å². The fraction of sp³-hybridized carbons (Fsp3) is 0.294. The number of nitrogens with zero attached hydrogens (tertiary/aromatic N) is 2. The summed E-state index contributed by atoms with van der Waals surface area (Å²) in [6.45, 7) is 4.70. The Bertz CT molecular complexity index is 680. The SMILES string of the molecule is CCc1sc(C(=O)N(C)Cc2ccc(C#N)cc2)cc1C. The second kappa shape index (κ2) is 6.55. The third-order valence-corrected chi connectivity index (χ3v) is 4.77. The number of amides is 1. The van der Waals surface area contributed by atoms with E-state index >= 15 is 0 Å². The van der Waals surface area contributed by atoms with Gasteiger partial charge in [0.1, 0.15) is 0 Å². The summed E-state index contributed by atoms with van der Waals surface area (Å²) in [5.41, 5.74) is 2.85. The Morgan fingerprint density at radius 2 is 2.00 bits per heavy atom. The molecule has 0 unspecified atom stereocenters. The third kappa shape index (κ3) is 3.50. The quantitative estimate of drug-likeness (QED) is 0.862. The lowest BCUT2D eigenvalue weighted by Crippen LogP contribution is -2.25. The van der Waals surface area contributed by atoms with Crippen LogP contribution in [0.2, 0.25) is 0 Å². The maximum atomic E-state index is 12.4. The van der Waals surface area contributed by atoms with Crippen LogP contribution in [0.1, 0.15) is 38.2 Å². The lowest BCUT2D eigenvalue weighted by Gasteiger charge is -2.16. The van der Waals surface area contributed by atoms with Crippen molar-refractivity contribution in [2.24, 2.45) is 0 Å². The van der Waals surface area contributed by atoms with Gasteiger partial charge in [0.25, 0.3) is 5.91 Å². The smallest absolute Gasteiger partial charge is 0.263 e. The molecule has 0 bridgehead atoms. The van der Waals surface area contributed by atoms with Gasteiger partial charge >= 0.3 is 0 Å². The van der Waals surface area contributed by atoms with Gasteiger partial charge in [-0.3, -0.25) is 4.79 Å². The second-order valence-electron chi connectivity index (χ2n) is 5.04. The van der Waals surface area contributed by atoms with Gasteiger partial charge in [0.05, 0.1) is 16.5 Å². The van der Waals surface area contributed by atoms with Crippen LogP contribution in [0.25, 0.3) is 0 Å². The van der Waals surface area contributed by atoms with Gasteiger partial charge in [-0.2, -0.15) is 5.26 Å². The molecule has 0 atom stereocenters. The monoisotopic (exact) mass is 298 g/mol. The molecule has 3 nitrogen and oxygen atoms in total. The minimum atomic E-state index is 0.0483. The van der Waals surface area contributed by atoms with Crippen LogP contribution in [-0.4, -0.2) is 17.9 Å². The van der Waals surface area contributed by atoms with E-state index in [9.17, 15) is 4.79 Å². The van der Waals surface area contributed by atoms with Gasteiger partial charge in [0.15, 0.2) is 0 Å². The van der Waals surface area contributed by atoms with Crippen molar-refractivity contribution in [3.8, 4) is 6.07 Å². The Kier molecular flexibility index (Phi) is 4.77. The molecule has 4 heteroatoms. The van der Waals surface area contributed by atoms with Crippen LogP contribution >= 0.6 is 11.3 Å². The molecule has 2 rings (SSSR count). The van der Waals surface area contributed by atoms with Gasteiger partial charge in [-0.25, -0.2) is 0 Å². The lowest BCUT2D eigenvalue weighted by atomic mass is 10.1. The summed E-state index contributed by atoms with van der Waals surface area (Å²) in [6.07, 6.45) is 0.961. The number of nitriles is 1. The Hall–Kier alpha value is -2.12. The largest absolute Gasteiger partial charge is 0.337 e. The number of carbonyl (C=O) groups is 1. The number of aryl methyl sites for hydroxylation is 2. The zero-order valence-corrected chi connectivity index (χ0v) is 13.3. The third-order valence-electron chi connectivity index (χ3n) is 3.40. The molecule has 0 aliphatic heterocycles. The molecular weight excluding hydrogens is 280 g/mol. The Morgan fingerprint density at radius 1 is 1.33 bits per heavy atom. The van der Waals surface area contributed by atoms with Crippen LogP contribution in [0.4, 0.5) is 0 Å². The van der Waals surface area contributed by atoms with Gasteiger partial charge in [0, 0.05) is 18.5 Å². The second-order valence-corrected chi connectivity index (χ2v) is 6.18. The molecular formula is C17H18N2OS. The first-order valence-electron chi connectivity index (χ1n) is 6.89. The van der Waals surface area contributed by atoms with E-state index in [-0.39, 0.29) is 5.91 Å². The highest BCUT2D eigenvalue weighted by Gasteiger charge is 2.16. The molecule has 0 aliphatic rings. The van der Waals surface area contributed by atoms with Crippen LogP contribution in [0.15, 0.2) is 30.3 Å². The minimum absolute atomic E-state index is 0.0483. The molecule has 108 valence electrons. The number of hydrogen-bond acceptors (Lipinski definition) is 3. The van der Waals surface area contributed by atoms with Crippen LogP contribution in [-0.2, 0) is 13.0 Å². The molecule has 0 N–H and O–H groups in total. The van der Waals surface area contributed by atoms with Gasteiger partial charge in [0.2, 0.25) is 0 Å². The Balaban J connectivity index is 2.09. The van der Waals surface area contributed by atoms with Crippen LogP contribution in [0.5, 0.6) is 0 Å². The first-order chi connectivity index (χ1) is 10.0. The van der Waals surface area contributed by atoms with Crippen molar-refractivity contribution in [3.63, 3.8) is 0 Å². The van der Waals surface area contributed by atoms with Gasteiger partial charge < -0.3 is 4.90 Å². The summed E-state index contributed by atoms with van der Waals surface area (Å²) in [5, 5.41) is 8.79. The number of hydrogen-bond donors (Lipinski definition) is 0. The van der Waals surface area contributed by atoms with E-state index in [0.717, 1.165) is 16.9 Å². The number of carbonyl (C=O) groups excluding carboxylic acids is 1. The maximum Gasteiger partial charge on any atom is 0.263 e. The van der Waals surface area contributed by atoms with Crippen molar-refractivity contribution in [1.82, 2.24) is 4.90 Å². The van der Waals surface area contributed by atoms with Crippen molar-refractivity contribution < 1.29 is 4.79 Å². The van der Waals surface area contributed by atoms with Crippen molar-refractivity contribution in [2.45, 2.75) is 26.8 Å². The van der Waals surface area contributed by atoms with E-state index in [1.54, 1.807) is 35.4 Å². The van der Waals surface area contributed by atoms with Gasteiger partial charge in [-0.1, -0.05) is 19.1 Å². The molecule has 1 heterocycles. The summed E-state index contributed by atoms with van der Waals surface area (Å²) in [4.78, 5) is 16.2. The fourth-order valence-electron chi connectivity index (χ4n) is 2.19. The summed E-state index contributed by atoms with van der Waals surface area (Å²) in [6, 6.07) is 11.4. The number of thiophene rings is 1. The zero-order valence-electron chi connectivity index (χ0n) is 12.5. The standard InChI is InChI=1S/C17H18N2OS/c1-4-15-12(2)9-16(21-15)17(20)19(3)11-14-7-5-13(10-18)6-8-14/h5-9H,4,11H2,1-3H3. The zero-order chi connectivity index (χ0) is 15.4. The predicted molar refractivity (Wildman–Crippen MR) is 85.4 cm³/mol. The number of benzene rings is 1. The van der Waals surface area contributed by atoms with Crippen molar-refractivity contribution >= 4 is 17.2 Å². The van der Waals surface area contributed by atoms with Crippen molar-refractivity contribution in [2.75, 3.05) is 7.05 Å². The van der Waals surface area contributed by atoms with Crippen LogP contribution in [0, 0.1) is 18.3 Å². The molecule has 0 fully saturated rings. The molecule has 1 aromatic heterocycles. The van der Waals surface area contributed by atoms with E-state index in [4.69, 9.17) is 5.26 Å². The highest BCUT2D eigenvalue weighted by atomic mass is 32.1. The normalized spacial score (nSPS) is 10.2. The number of rotatable bonds is 4. The molecule has 21 heavy (non-hydrogen) atoms. The molecule has 1 aromatic carbocycles. The lowest BCUT2D eigenvalue weighted by molar-refractivity contribution is 0.0790. The summed E-state index contributed by atoms with van der Waals surface area (Å²) in [5.74, 6) is 0.0483. The molecule has 0 aliphatic carbocycles. The van der Waals surface area contributed by atoms with E-state index in [2.05, 4.69) is 13.0 Å². The minimum Gasteiger partial charge on any atom is -0.337 e. The summed E-state index contributed by atoms with van der Waals surface area (Å²) in [7, 11) is 1.81. The molecule has 0 radical (unpaired) electrons. The Morgan fingerprint density at radius 3 is 2.52 bits per heavy atom. The predicted octanol–water partition coefficient (Wildman–Crippen LogP) is 3.76. The van der Waals surface area contributed by atoms with Gasteiger partial charge in [-0.05, 0) is 42.7 Å². The summed E-state index contributed by atoms with van der Waals surface area (Å²) < 4.78 is 0. The van der Waals surface area contributed by atoms with Crippen LogP contribution < -0.4 is 0 Å². The molecule has 1 amide bonds. The molecule has 0 saturated heterocycles. The molecule has 0 saturated carbocycles. The van der Waals surface area contributed by atoms with Crippen LogP contribution in [0.3, 0.4) is 0 Å². The van der Waals surface area contributed by atoms with Crippen molar-refractivity contribution in [1.29, 1.82) is 5.26 Å².